The van der Waals surface area contributed by atoms with Crippen LogP contribution in [0.2, 0.25) is 0 Å². The van der Waals surface area contributed by atoms with Crippen molar-refractivity contribution in [2.24, 2.45) is 0 Å². The van der Waals surface area contributed by atoms with Crippen LogP contribution in [0.1, 0.15) is 33.5 Å². The maximum absolute atomic E-state index is 5.54. The number of hydrogen-bond acceptors (Lipinski definition) is 4. The standard InChI is InChI=1S/C12H21N3O/c1-9(13-5)8-16-10-6-14-11(15-7-10)12(2,3)4/h6-7,9,13H,8H2,1-5H3. The summed E-state index contributed by atoms with van der Waals surface area (Å²) >= 11 is 0. The lowest BCUT2D eigenvalue weighted by Gasteiger charge is -2.16. The molecule has 1 aromatic heterocycles. The molecule has 0 radical (unpaired) electrons. The van der Waals surface area contributed by atoms with Crippen molar-refractivity contribution in [2.75, 3.05) is 13.7 Å². The molecule has 0 aromatic carbocycles. The summed E-state index contributed by atoms with van der Waals surface area (Å²) in [6.45, 7) is 8.95. The lowest BCUT2D eigenvalue weighted by Crippen LogP contribution is -2.28. The van der Waals surface area contributed by atoms with Gasteiger partial charge in [0.1, 0.15) is 12.4 Å². The van der Waals surface area contributed by atoms with Crippen LogP contribution in [0.4, 0.5) is 0 Å². The van der Waals surface area contributed by atoms with E-state index < -0.39 is 0 Å². The molecule has 0 spiro atoms. The highest BCUT2D eigenvalue weighted by Crippen LogP contribution is 2.18. The first-order chi connectivity index (χ1) is 7.43. The van der Waals surface area contributed by atoms with Crippen LogP contribution in [0.3, 0.4) is 0 Å². The highest BCUT2D eigenvalue weighted by molar-refractivity contribution is 5.15. The first kappa shape index (κ1) is 12.9. The third-order valence-electron chi connectivity index (χ3n) is 2.29. The van der Waals surface area contributed by atoms with E-state index in [0.29, 0.717) is 12.6 Å². The lowest BCUT2D eigenvalue weighted by molar-refractivity contribution is 0.277. The number of aromatic nitrogens is 2. The number of rotatable bonds is 4. The van der Waals surface area contributed by atoms with Gasteiger partial charge in [0.2, 0.25) is 0 Å². The van der Waals surface area contributed by atoms with Crippen LogP contribution < -0.4 is 10.1 Å². The zero-order valence-corrected chi connectivity index (χ0v) is 10.7. The normalized spacial score (nSPS) is 13.6. The fraction of sp³-hybridized carbons (Fsp3) is 0.667. The molecule has 1 heterocycles. The average Bonchev–Trinajstić information content (AvgIpc) is 2.25. The van der Waals surface area contributed by atoms with Crippen molar-refractivity contribution >= 4 is 0 Å². The first-order valence-electron chi connectivity index (χ1n) is 5.56. The maximum Gasteiger partial charge on any atom is 0.155 e. The molecular weight excluding hydrogens is 202 g/mol. The van der Waals surface area contributed by atoms with Gasteiger partial charge >= 0.3 is 0 Å². The van der Waals surface area contributed by atoms with Crippen molar-refractivity contribution in [3.63, 3.8) is 0 Å². The Kier molecular flexibility index (Phi) is 4.24. The summed E-state index contributed by atoms with van der Waals surface area (Å²) in [6, 6.07) is 0.322. The number of hydrogen-bond donors (Lipinski definition) is 1. The number of nitrogens with zero attached hydrogens (tertiary/aromatic N) is 2. The first-order valence-corrected chi connectivity index (χ1v) is 5.56. The summed E-state index contributed by atoms with van der Waals surface area (Å²) in [5, 5.41) is 3.10. The Hall–Kier alpha value is -1.16. The summed E-state index contributed by atoms with van der Waals surface area (Å²) in [5.41, 5.74) is -0.0171. The lowest BCUT2D eigenvalue weighted by atomic mass is 9.96. The Morgan fingerprint density at radius 2 is 1.88 bits per heavy atom. The second kappa shape index (κ2) is 5.25. The van der Waals surface area contributed by atoms with E-state index in [2.05, 4.69) is 43.0 Å². The summed E-state index contributed by atoms with van der Waals surface area (Å²) in [7, 11) is 1.91. The molecule has 1 atom stereocenters. The van der Waals surface area contributed by atoms with E-state index in [0.717, 1.165) is 11.6 Å². The monoisotopic (exact) mass is 223 g/mol. The topological polar surface area (TPSA) is 47.0 Å². The van der Waals surface area contributed by atoms with Gasteiger partial charge < -0.3 is 10.1 Å². The smallest absolute Gasteiger partial charge is 0.155 e. The van der Waals surface area contributed by atoms with Crippen LogP contribution in [-0.2, 0) is 5.41 Å². The highest BCUT2D eigenvalue weighted by atomic mass is 16.5. The minimum Gasteiger partial charge on any atom is -0.489 e. The SMILES string of the molecule is CNC(C)COc1cnc(C(C)(C)C)nc1. The second-order valence-corrected chi connectivity index (χ2v) is 4.99. The fourth-order valence-corrected chi connectivity index (χ4v) is 1.08. The zero-order valence-electron chi connectivity index (χ0n) is 10.7. The molecule has 90 valence electrons. The third kappa shape index (κ3) is 3.77. The number of nitrogens with one attached hydrogen (secondary N) is 1. The minimum atomic E-state index is -0.0171. The molecule has 0 fully saturated rings. The molecule has 16 heavy (non-hydrogen) atoms. The van der Waals surface area contributed by atoms with Gasteiger partial charge in [-0.3, -0.25) is 0 Å². The van der Waals surface area contributed by atoms with E-state index in [4.69, 9.17) is 4.74 Å². The fourth-order valence-electron chi connectivity index (χ4n) is 1.08. The molecule has 0 aliphatic heterocycles. The Bertz CT molecular complexity index is 316. The van der Waals surface area contributed by atoms with E-state index in [1.54, 1.807) is 12.4 Å². The van der Waals surface area contributed by atoms with Crippen molar-refractivity contribution in [3.05, 3.63) is 18.2 Å². The van der Waals surface area contributed by atoms with Gasteiger partial charge in [-0.2, -0.15) is 0 Å². The molecule has 1 aromatic rings. The van der Waals surface area contributed by atoms with Crippen molar-refractivity contribution < 1.29 is 4.74 Å². The van der Waals surface area contributed by atoms with Crippen LogP contribution in [0, 0.1) is 0 Å². The quantitative estimate of drug-likeness (QED) is 0.845. The zero-order chi connectivity index (χ0) is 12.2. The van der Waals surface area contributed by atoms with Crippen molar-refractivity contribution in [3.8, 4) is 5.75 Å². The van der Waals surface area contributed by atoms with E-state index in [1.807, 2.05) is 7.05 Å². The van der Waals surface area contributed by atoms with Crippen molar-refractivity contribution in [1.82, 2.24) is 15.3 Å². The summed E-state index contributed by atoms with van der Waals surface area (Å²) in [5.74, 6) is 1.55. The molecule has 1 unspecified atom stereocenters. The Balaban J connectivity index is 2.58. The van der Waals surface area contributed by atoms with E-state index in [1.165, 1.54) is 0 Å². The Labute approximate surface area is 97.5 Å². The predicted molar refractivity (Wildman–Crippen MR) is 64.7 cm³/mol. The minimum absolute atomic E-state index is 0.0171. The average molecular weight is 223 g/mol. The van der Waals surface area contributed by atoms with Crippen LogP contribution in [0.15, 0.2) is 12.4 Å². The Morgan fingerprint density at radius 3 is 2.31 bits per heavy atom. The molecule has 4 heteroatoms. The molecule has 0 saturated carbocycles. The van der Waals surface area contributed by atoms with Gasteiger partial charge in [0.25, 0.3) is 0 Å². The van der Waals surface area contributed by atoms with Gasteiger partial charge in [0, 0.05) is 11.5 Å². The molecule has 0 aliphatic rings. The van der Waals surface area contributed by atoms with Crippen LogP contribution in [-0.4, -0.2) is 29.7 Å². The molecule has 0 aliphatic carbocycles. The van der Waals surface area contributed by atoms with Crippen LogP contribution in [0.5, 0.6) is 5.75 Å². The van der Waals surface area contributed by atoms with Gasteiger partial charge in [-0.15, -0.1) is 0 Å². The van der Waals surface area contributed by atoms with Gasteiger partial charge in [-0.05, 0) is 14.0 Å². The van der Waals surface area contributed by atoms with Gasteiger partial charge in [-0.25, -0.2) is 9.97 Å². The largest absolute Gasteiger partial charge is 0.489 e. The highest BCUT2D eigenvalue weighted by Gasteiger charge is 2.16. The molecule has 4 nitrogen and oxygen atoms in total. The molecule has 0 saturated heterocycles. The van der Waals surface area contributed by atoms with Crippen LogP contribution >= 0.6 is 0 Å². The van der Waals surface area contributed by atoms with E-state index >= 15 is 0 Å². The molecule has 0 bridgehead atoms. The van der Waals surface area contributed by atoms with E-state index in [-0.39, 0.29) is 5.41 Å². The van der Waals surface area contributed by atoms with E-state index in [9.17, 15) is 0 Å². The number of likely N-dealkylation sites (N-methyl/N-ethyl adjacent to an activating group) is 1. The molecule has 0 amide bonds. The second-order valence-electron chi connectivity index (χ2n) is 4.99. The molecule has 1 rings (SSSR count). The van der Waals surface area contributed by atoms with Crippen molar-refractivity contribution in [1.29, 1.82) is 0 Å². The summed E-state index contributed by atoms with van der Waals surface area (Å²) in [6.07, 6.45) is 3.46. The van der Waals surface area contributed by atoms with Gasteiger partial charge in [-0.1, -0.05) is 20.8 Å². The maximum atomic E-state index is 5.54. The van der Waals surface area contributed by atoms with Gasteiger partial charge in [0.05, 0.1) is 12.4 Å². The summed E-state index contributed by atoms with van der Waals surface area (Å²) in [4.78, 5) is 8.59. The number of ether oxygens (including phenoxy) is 1. The van der Waals surface area contributed by atoms with Gasteiger partial charge in [0.15, 0.2) is 5.75 Å². The van der Waals surface area contributed by atoms with Crippen LogP contribution in [0.25, 0.3) is 0 Å². The third-order valence-corrected chi connectivity index (χ3v) is 2.29. The molecular formula is C12H21N3O. The predicted octanol–water partition coefficient (Wildman–Crippen LogP) is 1.76. The van der Waals surface area contributed by atoms with Crippen molar-refractivity contribution in [2.45, 2.75) is 39.2 Å². The summed E-state index contributed by atoms with van der Waals surface area (Å²) < 4.78 is 5.54. The Morgan fingerprint density at radius 1 is 1.31 bits per heavy atom. The molecule has 1 N–H and O–H groups in total.